The van der Waals surface area contributed by atoms with Gasteiger partial charge >= 0.3 is 0 Å². The number of hydrogen-bond donors (Lipinski definition) is 2. The summed E-state index contributed by atoms with van der Waals surface area (Å²) in [7, 11) is 0. The van der Waals surface area contributed by atoms with E-state index in [1.807, 2.05) is 24.3 Å². The molecular formula is C14H17N3O2. The maximum atomic E-state index is 5.52. The first-order valence-corrected chi connectivity index (χ1v) is 6.39. The summed E-state index contributed by atoms with van der Waals surface area (Å²) in [6, 6.07) is 7.83. The summed E-state index contributed by atoms with van der Waals surface area (Å²) in [4.78, 5) is 0. The largest absolute Gasteiger partial charge is 0.468 e. The van der Waals surface area contributed by atoms with E-state index in [0.717, 1.165) is 23.7 Å². The van der Waals surface area contributed by atoms with Crippen LogP contribution in [0.15, 0.2) is 50.7 Å². The van der Waals surface area contributed by atoms with Crippen LogP contribution >= 0.6 is 0 Å². The molecule has 3 N–H and O–H groups in total. The molecule has 0 aliphatic carbocycles. The van der Waals surface area contributed by atoms with Crippen molar-refractivity contribution in [2.75, 3.05) is 0 Å². The van der Waals surface area contributed by atoms with Crippen LogP contribution in [0.4, 0.5) is 0 Å². The van der Waals surface area contributed by atoms with Gasteiger partial charge in [0.15, 0.2) is 0 Å². The Labute approximate surface area is 111 Å². The number of piperidine rings is 1. The van der Waals surface area contributed by atoms with E-state index in [1.165, 1.54) is 0 Å². The molecule has 0 amide bonds. The molecule has 0 radical (unpaired) electrons. The number of nitrogens with zero attached hydrogens (tertiary/aromatic N) is 1. The molecule has 19 heavy (non-hydrogen) atoms. The van der Waals surface area contributed by atoms with Crippen molar-refractivity contribution in [2.24, 2.45) is 16.9 Å². The standard InChI is InChI=1S/C14H17N3O2/c1-9-10(17-15)8-11(12-4-2-6-18-12)16-14(9)13-5-3-7-19-13/h2-7,9,11,14,16H,8,15H2,1H3/b17-10+. The summed E-state index contributed by atoms with van der Waals surface area (Å²) in [5.41, 5.74) is 0.974. The van der Waals surface area contributed by atoms with Crippen LogP contribution < -0.4 is 11.2 Å². The van der Waals surface area contributed by atoms with E-state index < -0.39 is 0 Å². The number of rotatable bonds is 2. The topological polar surface area (TPSA) is 76.7 Å². The molecule has 1 saturated heterocycles. The predicted octanol–water partition coefficient (Wildman–Crippen LogP) is 2.60. The minimum Gasteiger partial charge on any atom is -0.468 e. The first kappa shape index (κ1) is 12.0. The zero-order valence-corrected chi connectivity index (χ0v) is 10.7. The fourth-order valence-electron chi connectivity index (χ4n) is 2.65. The summed E-state index contributed by atoms with van der Waals surface area (Å²) in [5.74, 6) is 7.51. The highest BCUT2D eigenvalue weighted by atomic mass is 16.3. The van der Waals surface area contributed by atoms with Crippen LogP contribution in [-0.2, 0) is 0 Å². The van der Waals surface area contributed by atoms with Gasteiger partial charge in [-0.1, -0.05) is 6.92 Å². The molecule has 3 atom stereocenters. The number of hydrogen-bond acceptors (Lipinski definition) is 5. The van der Waals surface area contributed by atoms with Gasteiger partial charge in [0.05, 0.1) is 24.6 Å². The molecule has 0 saturated carbocycles. The van der Waals surface area contributed by atoms with Gasteiger partial charge in [0.1, 0.15) is 11.5 Å². The highest BCUT2D eigenvalue weighted by Gasteiger charge is 2.35. The monoisotopic (exact) mass is 259 g/mol. The van der Waals surface area contributed by atoms with Crippen molar-refractivity contribution in [1.82, 2.24) is 5.32 Å². The SMILES string of the molecule is CC1/C(=N/N)CC(c2ccco2)NC1c1ccco1. The van der Waals surface area contributed by atoms with Crippen LogP contribution in [0.3, 0.4) is 0 Å². The minimum absolute atomic E-state index is 0.0566. The molecule has 1 aliphatic heterocycles. The average Bonchev–Trinajstić information content (AvgIpc) is 3.12. The smallest absolute Gasteiger partial charge is 0.121 e. The van der Waals surface area contributed by atoms with Crippen molar-refractivity contribution in [3.05, 3.63) is 48.3 Å². The summed E-state index contributed by atoms with van der Waals surface area (Å²) < 4.78 is 11.0. The van der Waals surface area contributed by atoms with E-state index in [2.05, 4.69) is 17.3 Å². The molecule has 3 heterocycles. The molecule has 5 heteroatoms. The third kappa shape index (κ3) is 2.17. The highest BCUT2D eigenvalue weighted by Crippen LogP contribution is 2.35. The molecular weight excluding hydrogens is 242 g/mol. The Balaban J connectivity index is 1.91. The third-order valence-corrected chi connectivity index (χ3v) is 3.72. The molecule has 5 nitrogen and oxygen atoms in total. The second-order valence-corrected chi connectivity index (χ2v) is 4.84. The molecule has 3 rings (SSSR count). The lowest BCUT2D eigenvalue weighted by molar-refractivity contribution is 0.289. The molecule has 1 aliphatic rings. The van der Waals surface area contributed by atoms with Crippen LogP contribution in [0.5, 0.6) is 0 Å². The van der Waals surface area contributed by atoms with Gasteiger partial charge in [0.25, 0.3) is 0 Å². The lowest BCUT2D eigenvalue weighted by Crippen LogP contribution is -2.41. The van der Waals surface area contributed by atoms with Crippen LogP contribution in [0.25, 0.3) is 0 Å². The number of hydrazone groups is 1. The molecule has 2 aromatic heterocycles. The second-order valence-electron chi connectivity index (χ2n) is 4.84. The summed E-state index contributed by atoms with van der Waals surface area (Å²) >= 11 is 0. The van der Waals surface area contributed by atoms with Gasteiger partial charge in [-0.05, 0) is 24.3 Å². The van der Waals surface area contributed by atoms with Gasteiger partial charge < -0.3 is 14.7 Å². The van der Waals surface area contributed by atoms with Crippen molar-refractivity contribution < 1.29 is 8.83 Å². The van der Waals surface area contributed by atoms with E-state index in [4.69, 9.17) is 14.7 Å². The van der Waals surface area contributed by atoms with Gasteiger partial charge in [0.2, 0.25) is 0 Å². The Kier molecular flexibility index (Phi) is 3.13. The van der Waals surface area contributed by atoms with Gasteiger partial charge in [-0.15, -0.1) is 0 Å². The first-order chi connectivity index (χ1) is 9.29. The van der Waals surface area contributed by atoms with Crippen LogP contribution in [0, 0.1) is 5.92 Å². The highest BCUT2D eigenvalue weighted by molar-refractivity contribution is 5.88. The number of furan rings is 2. The Morgan fingerprint density at radius 2 is 1.89 bits per heavy atom. The molecule has 0 bridgehead atoms. The fraction of sp³-hybridized carbons (Fsp3) is 0.357. The summed E-state index contributed by atoms with van der Waals surface area (Å²) in [5, 5.41) is 7.49. The van der Waals surface area contributed by atoms with E-state index >= 15 is 0 Å². The zero-order valence-electron chi connectivity index (χ0n) is 10.7. The van der Waals surface area contributed by atoms with E-state index in [0.29, 0.717) is 0 Å². The van der Waals surface area contributed by atoms with Gasteiger partial charge in [0, 0.05) is 18.1 Å². The Morgan fingerprint density at radius 1 is 1.21 bits per heavy atom. The quantitative estimate of drug-likeness (QED) is 0.642. The fourth-order valence-corrected chi connectivity index (χ4v) is 2.65. The summed E-state index contributed by atoms with van der Waals surface area (Å²) in [6.07, 6.45) is 4.11. The van der Waals surface area contributed by atoms with Crippen molar-refractivity contribution >= 4 is 5.71 Å². The molecule has 1 fully saturated rings. The zero-order chi connectivity index (χ0) is 13.2. The van der Waals surface area contributed by atoms with Crippen LogP contribution in [0.1, 0.15) is 36.9 Å². The molecule has 100 valence electrons. The summed E-state index contributed by atoms with van der Waals surface area (Å²) in [6.45, 7) is 2.10. The predicted molar refractivity (Wildman–Crippen MR) is 71.4 cm³/mol. The Hall–Kier alpha value is -2.01. The maximum absolute atomic E-state index is 5.52. The average molecular weight is 259 g/mol. The lowest BCUT2D eigenvalue weighted by Gasteiger charge is -2.34. The molecule has 2 aromatic rings. The maximum Gasteiger partial charge on any atom is 0.121 e. The third-order valence-electron chi connectivity index (χ3n) is 3.72. The molecule has 0 aromatic carbocycles. The van der Waals surface area contributed by atoms with Crippen molar-refractivity contribution in [3.63, 3.8) is 0 Å². The molecule has 3 unspecified atom stereocenters. The van der Waals surface area contributed by atoms with E-state index in [9.17, 15) is 0 Å². The van der Waals surface area contributed by atoms with Crippen LogP contribution in [-0.4, -0.2) is 5.71 Å². The van der Waals surface area contributed by atoms with E-state index in [-0.39, 0.29) is 18.0 Å². The Morgan fingerprint density at radius 3 is 2.47 bits per heavy atom. The normalized spacial score (nSPS) is 29.7. The number of nitrogens with one attached hydrogen (secondary N) is 1. The van der Waals surface area contributed by atoms with Crippen molar-refractivity contribution in [3.8, 4) is 0 Å². The van der Waals surface area contributed by atoms with Crippen LogP contribution in [0.2, 0.25) is 0 Å². The first-order valence-electron chi connectivity index (χ1n) is 6.39. The number of nitrogens with two attached hydrogens (primary N) is 1. The van der Waals surface area contributed by atoms with Gasteiger partial charge in [-0.3, -0.25) is 5.32 Å². The van der Waals surface area contributed by atoms with Crippen molar-refractivity contribution in [2.45, 2.75) is 25.4 Å². The van der Waals surface area contributed by atoms with Crippen molar-refractivity contribution in [1.29, 1.82) is 0 Å². The second kappa shape index (κ2) is 4.93. The van der Waals surface area contributed by atoms with Gasteiger partial charge in [-0.25, -0.2) is 0 Å². The van der Waals surface area contributed by atoms with E-state index in [1.54, 1.807) is 12.5 Å². The Bertz CT molecular complexity index is 545. The molecule has 0 spiro atoms. The lowest BCUT2D eigenvalue weighted by atomic mass is 9.85. The van der Waals surface area contributed by atoms with Gasteiger partial charge in [-0.2, -0.15) is 5.10 Å². The minimum atomic E-state index is 0.0566.